The Morgan fingerprint density at radius 1 is 1.35 bits per heavy atom. The molecule has 1 aromatic rings. The fraction of sp³-hybridized carbons (Fsp3) is 0.429. The van der Waals surface area contributed by atoms with Crippen molar-refractivity contribution in [3.05, 3.63) is 33.9 Å². The van der Waals surface area contributed by atoms with Gasteiger partial charge in [-0.1, -0.05) is 0 Å². The van der Waals surface area contributed by atoms with E-state index in [0.29, 0.717) is 18.8 Å². The molecule has 2 N–H and O–H groups in total. The maximum atomic E-state index is 11.9. The molecule has 122 valence electrons. The molecule has 9 heteroatoms. The zero-order valence-corrected chi connectivity index (χ0v) is 12.4. The molecule has 2 saturated heterocycles. The smallest absolute Gasteiger partial charge is 0.407 e. The third kappa shape index (κ3) is 2.43. The number of carboxylic acid groups (broad SMARTS) is 1. The molecule has 2 aliphatic heterocycles. The van der Waals surface area contributed by atoms with E-state index in [9.17, 15) is 19.7 Å². The van der Waals surface area contributed by atoms with Gasteiger partial charge in [-0.15, -0.1) is 0 Å². The zero-order valence-electron chi connectivity index (χ0n) is 12.4. The Morgan fingerprint density at radius 2 is 2.09 bits per heavy atom. The number of hydrogen-bond donors (Lipinski definition) is 2. The lowest BCUT2D eigenvalue weighted by atomic mass is 10.1. The Hall–Kier alpha value is -2.84. The Labute approximate surface area is 131 Å². The highest BCUT2D eigenvalue weighted by molar-refractivity contribution is 5.99. The van der Waals surface area contributed by atoms with Crippen molar-refractivity contribution in [2.45, 2.75) is 18.5 Å². The van der Waals surface area contributed by atoms with Crippen molar-refractivity contribution in [2.24, 2.45) is 0 Å². The van der Waals surface area contributed by atoms with Crippen molar-refractivity contribution >= 4 is 23.4 Å². The van der Waals surface area contributed by atoms with Crippen molar-refractivity contribution < 1.29 is 19.6 Å². The molecule has 0 aromatic heterocycles. The average Bonchev–Trinajstić information content (AvgIpc) is 3.13. The summed E-state index contributed by atoms with van der Waals surface area (Å²) >= 11 is 0. The van der Waals surface area contributed by atoms with E-state index in [2.05, 4.69) is 5.32 Å². The lowest BCUT2D eigenvalue weighted by Gasteiger charge is -2.34. The van der Waals surface area contributed by atoms with E-state index >= 15 is 0 Å². The number of nitro benzene ring substituents is 1. The van der Waals surface area contributed by atoms with Crippen LogP contribution < -0.4 is 10.2 Å². The van der Waals surface area contributed by atoms with Crippen molar-refractivity contribution in [3.8, 4) is 0 Å². The van der Waals surface area contributed by atoms with Crippen LogP contribution in [0.3, 0.4) is 0 Å². The van der Waals surface area contributed by atoms with E-state index in [0.717, 1.165) is 6.42 Å². The Balaban J connectivity index is 1.89. The first-order valence-corrected chi connectivity index (χ1v) is 7.19. The first kappa shape index (κ1) is 15.1. The van der Waals surface area contributed by atoms with Crippen LogP contribution in [0.25, 0.3) is 0 Å². The molecular weight excluding hydrogens is 304 g/mol. The number of anilines is 1. The largest absolute Gasteiger partial charge is 0.465 e. The summed E-state index contributed by atoms with van der Waals surface area (Å²) in [5.74, 6) is -0.518. The van der Waals surface area contributed by atoms with Crippen LogP contribution >= 0.6 is 0 Å². The quantitative estimate of drug-likeness (QED) is 0.631. The van der Waals surface area contributed by atoms with Crippen molar-refractivity contribution in [2.75, 3.05) is 25.0 Å². The lowest BCUT2D eigenvalue weighted by Crippen LogP contribution is -2.48. The number of fused-ring (bicyclic) bond motifs is 2. The van der Waals surface area contributed by atoms with Gasteiger partial charge < -0.3 is 20.2 Å². The van der Waals surface area contributed by atoms with Crippen LogP contribution in [0, 0.1) is 10.1 Å². The van der Waals surface area contributed by atoms with Gasteiger partial charge in [0.15, 0.2) is 0 Å². The summed E-state index contributed by atoms with van der Waals surface area (Å²) in [7, 11) is 1.42. The molecule has 9 nitrogen and oxygen atoms in total. The fourth-order valence-electron chi connectivity index (χ4n) is 3.40. The van der Waals surface area contributed by atoms with Crippen LogP contribution in [0.15, 0.2) is 18.2 Å². The van der Waals surface area contributed by atoms with Crippen molar-refractivity contribution in [1.82, 2.24) is 10.2 Å². The molecule has 2 aliphatic rings. The number of nitrogens with one attached hydrogen (secondary N) is 1. The summed E-state index contributed by atoms with van der Waals surface area (Å²) in [6.45, 7) is 0.939. The van der Waals surface area contributed by atoms with Gasteiger partial charge in [-0.25, -0.2) is 4.79 Å². The molecule has 0 spiro atoms. The van der Waals surface area contributed by atoms with Gasteiger partial charge in [0.1, 0.15) is 5.56 Å². The molecule has 0 saturated carbocycles. The van der Waals surface area contributed by atoms with E-state index in [4.69, 9.17) is 5.11 Å². The van der Waals surface area contributed by atoms with Gasteiger partial charge in [-0.05, 0) is 18.6 Å². The monoisotopic (exact) mass is 320 g/mol. The summed E-state index contributed by atoms with van der Waals surface area (Å²) in [5, 5.41) is 22.6. The first-order valence-electron chi connectivity index (χ1n) is 7.19. The molecule has 0 radical (unpaired) electrons. The number of nitro groups is 1. The minimum Gasteiger partial charge on any atom is -0.465 e. The van der Waals surface area contributed by atoms with Crippen molar-refractivity contribution in [1.29, 1.82) is 0 Å². The molecule has 3 rings (SSSR count). The van der Waals surface area contributed by atoms with Gasteiger partial charge >= 0.3 is 6.09 Å². The number of likely N-dealkylation sites (tertiary alicyclic amines) is 1. The number of piperazine rings is 1. The van der Waals surface area contributed by atoms with Gasteiger partial charge in [-0.3, -0.25) is 14.9 Å². The number of rotatable bonds is 3. The second kappa shape index (κ2) is 5.41. The third-order valence-electron chi connectivity index (χ3n) is 4.47. The second-order valence-corrected chi connectivity index (χ2v) is 5.67. The van der Waals surface area contributed by atoms with Crippen LogP contribution in [0.1, 0.15) is 16.8 Å². The average molecular weight is 320 g/mol. The SMILES string of the molecule is CNC(=O)c1cc(N2CC3CC2CN3C(=O)O)ccc1[N+](=O)[O-]. The Morgan fingerprint density at radius 3 is 2.61 bits per heavy atom. The first-order chi connectivity index (χ1) is 10.9. The summed E-state index contributed by atoms with van der Waals surface area (Å²) < 4.78 is 0. The molecule has 2 amide bonds. The molecule has 2 bridgehead atoms. The number of carbonyl (C=O) groups is 2. The van der Waals surface area contributed by atoms with E-state index in [1.807, 2.05) is 4.90 Å². The Kier molecular flexibility index (Phi) is 3.55. The summed E-state index contributed by atoms with van der Waals surface area (Å²) in [6.07, 6.45) is -0.189. The van der Waals surface area contributed by atoms with Gasteiger partial charge in [0.05, 0.1) is 11.0 Å². The van der Waals surface area contributed by atoms with Gasteiger partial charge in [0, 0.05) is 37.9 Å². The number of hydrogen-bond acceptors (Lipinski definition) is 5. The molecule has 2 atom stereocenters. The van der Waals surface area contributed by atoms with E-state index in [1.54, 1.807) is 6.07 Å². The zero-order chi connectivity index (χ0) is 16.7. The number of amides is 2. The predicted octanol–water partition coefficient (Wildman–Crippen LogP) is 0.895. The second-order valence-electron chi connectivity index (χ2n) is 5.67. The minimum atomic E-state index is -0.924. The Bertz CT molecular complexity index is 692. The van der Waals surface area contributed by atoms with Crippen LogP contribution in [0.4, 0.5) is 16.2 Å². The minimum absolute atomic E-state index is 0.00728. The van der Waals surface area contributed by atoms with E-state index in [1.165, 1.54) is 24.1 Å². The highest BCUT2D eigenvalue weighted by Crippen LogP contribution is 2.36. The lowest BCUT2D eigenvalue weighted by molar-refractivity contribution is -0.385. The summed E-state index contributed by atoms with van der Waals surface area (Å²) in [4.78, 5) is 36.9. The molecule has 1 aromatic carbocycles. The van der Waals surface area contributed by atoms with Gasteiger partial charge in [0.25, 0.3) is 11.6 Å². The van der Waals surface area contributed by atoms with E-state index in [-0.39, 0.29) is 23.3 Å². The molecule has 23 heavy (non-hydrogen) atoms. The highest BCUT2D eigenvalue weighted by atomic mass is 16.6. The van der Waals surface area contributed by atoms with E-state index < -0.39 is 16.9 Å². The summed E-state index contributed by atoms with van der Waals surface area (Å²) in [6, 6.07) is 4.39. The predicted molar refractivity (Wildman–Crippen MR) is 80.8 cm³/mol. The van der Waals surface area contributed by atoms with Crippen LogP contribution in [0.5, 0.6) is 0 Å². The number of nitrogens with zero attached hydrogens (tertiary/aromatic N) is 3. The maximum absolute atomic E-state index is 11.9. The van der Waals surface area contributed by atoms with Gasteiger partial charge in [-0.2, -0.15) is 0 Å². The standard InChI is InChI=1S/C14H16N4O5/c1-15-13(19)11-5-8(2-3-12(11)18(22)23)16-6-10-4-9(16)7-17(10)14(20)21/h2-3,5,9-10H,4,6-7H2,1H3,(H,15,19)(H,20,21). The van der Waals surface area contributed by atoms with Gasteiger partial charge in [0.2, 0.25) is 0 Å². The van der Waals surface area contributed by atoms with Crippen LogP contribution in [0.2, 0.25) is 0 Å². The van der Waals surface area contributed by atoms with Crippen LogP contribution in [-0.4, -0.2) is 59.2 Å². The van der Waals surface area contributed by atoms with Crippen LogP contribution in [-0.2, 0) is 0 Å². The molecular formula is C14H16N4O5. The molecule has 2 fully saturated rings. The number of carbonyl (C=O) groups excluding carboxylic acids is 1. The third-order valence-corrected chi connectivity index (χ3v) is 4.47. The summed E-state index contributed by atoms with van der Waals surface area (Å²) in [5.41, 5.74) is 0.462. The topological polar surface area (TPSA) is 116 Å². The number of benzene rings is 1. The highest BCUT2D eigenvalue weighted by Gasteiger charge is 2.45. The molecule has 2 heterocycles. The maximum Gasteiger partial charge on any atom is 0.407 e. The normalized spacial score (nSPS) is 22.3. The molecule has 2 unspecified atom stereocenters. The molecule has 0 aliphatic carbocycles. The fourth-order valence-corrected chi connectivity index (χ4v) is 3.40. The van der Waals surface area contributed by atoms with Crippen molar-refractivity contribution in [3.63, 3.8) is 0 Å².